The molecule has 0 aliphatic rings. The van der Waals surface area contributed by atoms with E-state index < -0.39 is 0 Å². The minimum absolute atomic E-state index is 0.603. The monoisotopic (exact) mass is 344 g/mol. The summed E-state index contributed by atoms with van der Waals surface area (Å²) in [4.78, 5) is 0. The van der Waals surface area contributed by atoms with Gasteiger partial charge in [-0.2, -0.15) is 0 Å². The highest BCUT2D eigenvalue weighted by molar-refractivity contribution is 7.80. The van der Waals surface area contributed by atoms with Crippen molar-refractivity contribution in [1.29, 1.82) is 0 Å². The summed E-state index contributed by atoms with van der Waals surface area (Å²) in [7, 11) is 3.23. The van der Waals surface area contributed by atoms with Crippen LogP contribution < -0.4 is 20.1 Å². The molecule has 0 fully saturated rings. The number of ether oxygens (including phenoxy) is 2. The minimum Gasteiger partial charge on any atom is -0.493 e. The molecule has 0 unspecified atom stereocenters. The molecule has 0 spiro atoms. The van der Waals surface area contributed by atoms with E-state index in [4.69, 9.17) is 21.7 Å². The highest BCUT2D eigenvalue weighted by Crippen LogP contribution is 2.29. The third-order valence-electron chi connectivity index (χ3n) is 3.69. The second-order valence-corrected chi connectivity index (χ2v) is 5.95. The van der Waals surface area contributed by atoms with Gasteiger partial charge in [-0.3, -0.25) is 0 Å². The van der Waals surface area contributed by atoms with Crippen LogP contribution in [0, 0.1) is 6.92 Å². The van der Waals surface area contributed by atoms with Gasteiger partial charge in [0.25, 0.3) is 0 Å². The van der Waals surface area contributed by atoms with Crippen molar-refractivity contribution in [2.45, 2.75) is 19.8 Å². The number of hydrogen-bond donors (Lipinski definition) is 2. The summed E-state index contributed by atoms with van der Waals surface area (Å²) < 4.78 is 10.5. The number of methoxy groups -OCH3 is 2. The Kier molecular flexibility index (Phi) is 6.88. The fourth-order valence-corrected chi connectivity index (χ4v) is 2.56. The number of aryl methyl sites for hydroxylation is 2. The van der Waals surface area contributed by atoms with E-state index in [2.05, 4.69) is 41.8 Å². The Balaban J connectivity index is 1.76. The summed E-state index contributed by atoms with van der Waals surface area (Å²) in [6, 6.07) is 14.3. The van der Waals surface area contributed by atoms with Crippen molar-refractivity contribution < 1.29 is 9.47 Å². The van der Waals surface area contributed by atoms with Crippen LogP contribution in [0.1, 0.15) is 17.5 Å². The van der Waals surface area contributed by atoms with Crippen molar-refractivity contribution in [3.8, 4) is 11.5 Å². The maximum absolute atomic E-state index is 5.33. The molecular weight excluding hydrogens is 320 g/mol. The molecule has 0 bridgehead atoms. The molecule has 2 aromatic carbocycles. The molecule has 0 amide bonds. The van der Waals surface area contributed by atoms with Crippen LogP contribution in [0.4, 0.5) is 5.69 Å². The Bertz CT molecular complexity index is 672. The molecule has 0 saturated heterocycles. The Morgan fingerprint density at radius 1 is 1.00 bits per heavy atom. The summed E-state index contributed by atoms with van der Waals surface area (Å²) in [5.41, 5.74) is 3.50. The van der Waals surface area contributed by atoms with Gasteiger partial charge in [0.1, 0.15) is 0 Å². The first-order chi connectivity index (χ1) is 11.6. The zero-order valence-electron chi connectivity index (χ0n) is 14.4. The largest absolute Gasteiger partial charge is 0.493 e. The van der Waals surface area contributed by atoms with Gasteiger partial charge in [0.2, 0.25) is 0 Å². The SMILES string of the molecule is COc1ccc(NC(=S)NCCCc2ccc(C)cc2)cc1OC. The Hall–Kier alpha value is -2.27. The van der Waals surface area contributed by atoms with Crippen molar-refractivity contribution in [3.05, 3.63) is 53.6 Å². The summed E-state index contributed by atoms with van der Waals surface area (Å²) in [5, 5.41) is 6.99. The van der Waals surface area contributed by atoms with Crippen molar-refractivity contribution in [2.75, 3.05) is 26.1 Å². The maximum Gasteiger partial charge on any atom is 0.170 e. The van der Waals surface area contributed by atoms with Crippen LogP contribution in [-0.4, -0.2) is 25.9 Å². The molecule has 128 valence electrons. The van der Waals surface area contributed by atoms with Crippen LogP contribution in [0.15, 0.2) is 42.5 Å². The second kappa shape index (κ2) is 9.13. The van der Waals surface area contributed by atoms with Crippen LogP contribution in [0.3, 0.4) is 0 Å². The zero-order chi connectivity index (χ0) is 17.4. The third kappa shape index (κ3) is 5.42. The molecule has 0 aliphatic carbocycles. The summed E-state index contributed by atoms with van der Waals surface area (Å²) in [6.07, 6.45) is 2.06. The molecule has 0 heterocycles. The normalized spacial score (nSPS) is 10.1. The zero-order valence-corrected chi connectivity index (χ0v) is 15.2. The van der Waals surface area contributed by atoms with E-state index >= 15 is 0 Å². The predicted octanol–water partition coefficient (Wildman–Crippen LogP) is 3.93. The first kappa shape index (κ1) is 18.1. The van der Waals surface area contributed by atoms with Gasteiger partial charge in [0.15, 0.2) is 16.6 Å². The van der Waals surface area contributed by atoms with Gasteiger partial charge < -0.3 is 20.1 Å². The molecule has 4 nitrogen and oxygen atoms in total. The van der Waals surface area contributed by atoms with E-state index in [1.807, 2.05) is 18.2 Å². The lowest BCUT2D eigenvalue weighted by Crippen LogP contribution is -2.29. The van der Waals surface area contributed by atoms with Gasteiger partial charge in [-0.1, -0.05) is 29.8 Å². The fourth-order valence-electron chi connectivity index (χ4n) is 2.34. The molecule has 5 heteroatoms. The lowest BCUT2D eigenvalue weighted by molar-refractivity contribution is 0.355. The van der Waals surface area contributed by atoms with Gasteiger partial charge in [0, 0.05) is 18.3 Å². The topological polar surface area (TPSA) is 42.5 Å². The number of rotatable bonds is 7. The molecule has 0 atom stereocenters. The lowest BCUT2D eigenvalue weighted by atomic mass is 10.1. The highest BCUT2D eigenvalue weighted by atomic mass is 32.1. The Morgan fingerprint density at radius 3 is 2.38 bits per heavy atom. The van der Waals surface area contributed by atoms with Gasteiger partial charge in [-0.25, -0.2) is 0 Å². The van der Waals surface area contributed by atoms with Crippen LogP contribution in [0.5, 0.6) is 11.5 Å². The van der Waals surface area contributed by atoms with E-state index in [9.17, 15) is 0 Å². The van der Waals surface area contributed by atoms with Crippen molar-refractivity contribution in [2.24, 2.45) is 0 Å². The standard InChI is InChI=1S/C19H24N2O2S/c1-14-6-8-15(9-7-14)5-4-12-20-19(24)21-16-10-11-17(22-2)18(13-16)23-3/h6-11,13H,4-5,12H2,1-3H3,(H2,20,21,24). The summed E-state index contributed by atoms with van der Waals surface area (Å²) >= 11 is 5.33. The Labute approximate surface area is 149 Å². The van der Waals surface area contributed by atoms with E-state index in [1.54, 1.807) is 14.2 Å². The number of nitrogens with one attached hydrogen (secondary N) is 2. The van der Waals surface area contributed by atoms with Crippen LogP contribution in [0.2, 0.25) is 0 Å². The van der Waals surface area contributed by atoms with E-state index in [1.165, 1.54) is 11.1 Å². The predicted molar refractivity (Wildman–Crippen MR) is 103 cm³/mol. The third-order valence-corrected chi connectivity index (χ3v) is 3.94. The van der Waals surface area contributed by atoms with Crippen LogP contribution in [-0.2, 0) is 6.42 Å². The average Bonchev–Trinajstić information content (AvgIpc) is 2.60. The molecule has 2 N–H and O–H groups in total. The van der Waals surface area contributed by atoms with Crippen molar-refractivity contribution in [1.82, 2.24) is 5.32 Å². The second-order valence-electron chi connectivity index (χ2n) is 5.54. The molecule has 0 aliphatic heterocycles. The Morgan fingerprint density at radius 2 is 1.71 bits per heavy atom. The molecule has 2 rings (SSSR count). The summed E-state index contributed by atoms with van der Waals surface area (Å²) in [6.45, 7) is 2.93. The minimum atomic E-state index is 0.603. The number of anilines is 1. The highest BCUT2D eigenvalue weighted by Gasteiger charge is 2.05. The number of hydrogen-bond acceptors (Lipinski definition) is 3. The van der Waals surface area contributed by atoms with Crippen molar-refractivity contribution >= 4 is 23.0 Å². The average molecular weight is 344 g/mol. The van der Waals surface area contributed by atoms with E-state index in [-0.39, 0.29) is 0 Å². The van der Waals surface area contributed by atoms with Gasteiger partial charge in [-0.15, -0.1) is 0 Å². The first-order valence-electron chi connectivity index (χ1n) is 7.95. The van der Waals surface area contributed by atoms with Crippen LogP contribution in [0.25, 0.3) is 0 Å². The molecule has 24 heavy (non-hydrogen) atoms. The summed E-state index contributed by atoms with van der Waals surface area (Å²) in [5.74, 6) is 1.37. The lowest BCUT2D eigenvalue weighted by Gasteiger charge is -2.13. The number of benzene rings is 2. The van der Waals surface area contributed by atoms with Gasteiger partial charge in [-0.05, 0) is 49.7 Å². The molecule has 0 saturated carbocycles. The smallest absolute Gasteiger partial charge is 0.170 e. The van der Waals surface area contributed by atoms with E-state index in [0.717, 1.165) is 25.1 Å². The fraction of sp³-hybridized carbons (Fsp3) is 0.316. The molecule has 0 aromatic heterocycles. The van der Waals surface area contributed by atoms with E-state index in [0.29, 0.717) is 16.6 Å². The molecule has 0 radical (unpaired) electrons. The van der Waals surface area contributed by atoms with Gasteiger partial charge >= 0.3 is 0 Å². The molecular formula is C19H24N2O2S. The maximum atomic E-state index is 5.33. The molecule has 2 aromatic rings. The number of thiocarbonyl (C=S) groups is 1. The quantitative estimate of drug-likeness (QED) is 0.588. The van der Waals surface area contributed by atoms with Crippen LogP contribution >= 0.6 is 12.2 Å². The first-order valence-corrected chi connectivity index (χ1v) is 8.35. The van der Waals surface area contributed by atoms with Crippen molar-refractivity contribution in [3.63, 3.8) is 0 Å². The van der Waals surface area contributed by atoms with Gasteiger partial charge in [0.05, 0.1) is 14.2 Å².